The number of aryl methyl sites for hydroxylation is 1. The maximum absolute atomic E-state index is 13.9. The monoisotopic (exact) mass is 521 g/mol. The molecule has 0 N–H and O–H groups in total. The van der Waals surface area contributed by atoms with Crippen molar-refractivity contribution in [2.24, 2.45) is 0 Å². The lowest BCUT2D eigenvalue weighted by molar-refractivity contribution is 0.0391. The highest BCUT2D eigenvalue weighted by Gasteiger charge is 2.25. The van der Waals surface area contributed by atoms with E-state index in [1.165, 1.54) is 16.9 Å². The summed E-state index contributed by atoms with van der Waals surface area (Å²) in [6.45, 7) is 6.50. The molecular weight excluding hydrogens is 490 g/mol. The predicted octanol–water partition coefficient (Wildman–Crippen LogP) is 4.29. The highest BCUT2D eigenvalue weighted by Crippen LogP contribution is 2.39. The maximum atomic E-state index is 13.9. The lowest BCUT2D eigenvalue weighted by Crippen LogP contribution is -2.43. The van der Waals surface area contributed by atoms with Crippen molar-refractivity contribution in [2.45, 2.75) is 13.3 Å². The van der Waals surface area contributed by atoms with E-state index in [4.69, 9.17) is 23.9 Å². The van der Waals surface area contributed by atoms with Crippen molar-refractivity contribution >= 4 is 45.0 Å². The fraction of sp³-hybridized carbons (Fsp3) is 0.440. The number of amides is 1. The van der Waals surface area contributed by atoms with Crippen LogP contribution < -0.4 is 19.1 Å². The molecule has 4 rings (SSSR count). The van der Waals surface area contributed by atoms with Gasteiger partial charge in [-0.05, 0) is 36.2 Å². The molecule has 0 spiro atoms. The third-order valence-electron chi connectivity index (χ3n) is 5.98. The summed E-state index contributed by atoms with van der Waals surface area (Å²) < 4.78 is 22.9. The molecule has 1 aromatic heterocycles. The van der Waals surface area contributed by atoms with Gasteiger partial charge in [-0.2, -0.15) is 0 Å². The first-order valence-corrected chi connectivity index (χ1v) is 12.2. The topological polar surface area (TPSA) is 73.4 Å². The number of thiazole rings is 1. The maximum Gasteiger partial charge on any atom is 0.260 e. The van der Waals surface area contributed by atoms with Crippen molar-refractivity contribution in [1.29, 1.82) is 0 Å². The Labute approximate surface area is 216 Å². The Kier molecular flexibility index (Phi) is 9.56. The van der Waals surface area contributed by atoms with Crippen molar-refractivity contribution in [3.63, 3.8) is 0 Å². The number of aromatic nitrogens is 1. The largest absolute Gasteiger partial charge is 0.493 e. The van der Waals surface area contributed by atoms with E-state index in [0.29, 0.717) is 47.7 Å². The fourth-order valence-corrected chi connectivity index (χ4v) is 5.06. The van der Waals surface area contributed by atoms with Crippen LogP contribution in [-0.4, -0.2) is 76.5 Å². The zero-order chi connectivity index (χ0) is 24.1. The first-order chi connectivity index (χ1) is 16.6. The van der Waals surface area contributed by atoms with Gasteiger partial charge in [-0.1, -0.05) is 24.3 Å². The van der Waals surface area contributed by atoms with Crippen LogP contribution in [0.15, 0.2) is 30.3 Å². The number of carbonyl (C=O) groups is 1. The first-order valence-electron chi connectivity index (χ1n) is 11.4. The SMILES string of the molecule is CCc1ccc2nc(N(CCN3CCOCC3)C(=O)c3cc(OC)c(OC)c(OC)c3)sc2c1.Cl. The van der Waals surface area contributed by atoms with E-state index < -0.39 is 0 Å². The summed E-state index contributed by atoms with van der Waals surface area (Å²) in [5, 5.41) is 0.676. The Hall–Kier alpha value is -2.59. The molecular formula is C25H32ClN3O5S. The molecule has 10 heteroatoms. The molecule has 0 saturated carbocycles. The summed E-state index contributed by atoms with van der Waals surface area (Å²) >= 11 is 1.54. The molecule has 1 amide bonds. The Morgan fingerprint density at radius 2 is 1.77 bits per heavy atom. The summed E-state index contributed by atoms with van der Waals surface area (Å²) in [7, 11) is 4.63. The van der Waals surface area contributed by atoms with E-state index in [1.54, 1.807) is 38.4 Å². The van der Waals surface area contributed by atoms with Crippen molar-refractivity contribution in [3.05, 3.63) is 41.5 Å². The predicted molar refractivity (Wildman–Crippen MR) is 141 cm³/mol. The average molecular weight is 522 g/mol. The second kappa shape index (κ2) is 12.4. The molecule has 8 nitrogen and oxygen atoms in total. The van der Waals surface area contributed by atoms with E-state index in [0.717, 1.165) is 36.3 Å². The van der Waals surface area contributed by atoms with Crippen LogP contribution in [0, 0.1) is 0 Å². The van der Waals surface area contributed by atoms with E-state index in [1.807, 2.05) is 6.07 Å². The zero-order valence-electron chi connectivity index (χ0n) is 20.5. The molecule has 0 radical (unpaired) electrons. The molecule has 0 bridgehead atoms. The number of morpholine rings is 1. The van der Waals surface area contributed by atoms with E-state index >= 15 is 0 Å². The Morgan fingerprint density at radius 1 is 1.09 bits per heavy atom. The molecule has 190 valence electrons. The van der Waals surface area contributed by atoms with E-state index in [-0.39, 0.29) is 18.3 Å². The molecule has 1 aliphatic heterocycles. The van der Waals surface area contributed by atoms with Gasteiger partial charge in [-0.3, -0.25) is 14.6 Å². The number of rotatable bonds is 9. The third-order valence-corrected chi connectivity index (χ3v) is 7.02. The first kappa shape index (κ1) is 27.0. The molecule has 1 saturated heterocycles. The van der Waals surface area contributed by atoms with Gasteiger partial charge in [0.2, 0.25) is 5.75 Å². The summed E-state index contributed by atoms with van der Waals surface area (Å²) in [6, 6.07) is 9.64. The van der Waals surface area contributed by atoms with Gasteiger partial charge >= 0.3 is 0 Å². The number of ether oxygens (including phenoxy) is 4. The highest BCUT2D eigenvalue weighted by atomic mass is 35.5. The molecule has 1 fully saturated rings. The van der Waals surface area contributed by atoms with Crippen molar-refractivity contribution < 1.29 is 23.7 Å². The van der Waals surface area contributed by atoms with Gasteiger partial charge in [0.25, 0.3) is 5.91 Å². The standard InChI is InChI=1S/C25H31N3O5S.ClH/c1-5-17-6-7-19-22(14-17)34-25(26-19)28(9-8-27-10-12-33-13-11-27)24(29)18-15-20(30-2)23(32-4)21(16-18)31-3;/h6-7,14-16H,5,8-13H2,1-4H3;1H. The minimum Gasteiger partial charge on any atom is -0.493 e. The summed E-state index contributed by atoms with van der Waals surface area (Å²) in [5.41, 5.74) is 2.59. The van der Waals surface area contributed by atoms with Gasteiger partial charge in [0, 0.05) is 31.7 Å². The second-order valence-electron chi connectivity index (χ2n) is 7.98. The van der Waals surface area contributed by atoms with Gasteiger partial charge in [0.05, 0.1) is 44.8 Å². The molecule has 0 unspecified atom stereocenters. The lowest BCUT2D eigenvalue weighted by Gasteiger charge is -2.29. The number of fused-ring (bicyclic) bond motifs is 1. The van der Waals surface area contributed by atoms with Crippen molar-refractivity contribution in [3.8, 4) is 17.2 Å². The van der Waals surface area contributed by atoms with Crippen LogP contribution in [0.3, 0.4) is 0 Å². The van der Waals surface area contributed by atoms with Crippen LogP contribution in [0.1, 0.15) is 22.8 Å². The Morgan fingerprint density at radius 3 is 2.37 bits per heavy atom. The number of anilines is 1. The molecule has 3 aromatic rings. The number of methoxy groups -OCH3 is 3. The Bertz CT molecular complexity index is 1120. The van der Waals surface area contributed by atoms with Crippen molar-refractivity contribution in [1.82, 2.24) is 9.88 Å². The second-order valence-corrected chi connectivity index (χ2v) is 8.99. The van der Waals surface area contributed by atoms with Crippen LogP contribution in [0.5, 0.6) is 17.2 Å². The smallest absolute Gasteiger partial charge is 0.260 e. The number of halogens is 1. The lowest BCUT2D eigenvalue weighted by atomic mass is 10.1. The van der Waals surface area contributed by atoms with Crippen LogP contribution in [0.4, 0.5) is 5.13 Å². The molecule has 35 heavy (non-hydrogen) atoms. The fourth-order valence-electron chi connectivity index (χ4n) is 4.00. The van der Waals surface area contributed by atoms with Crippen LogP contribution in [0.25, 0.3) is 10.2 Å². The number of hydrogen-bond acceptors (Lipinski definition) is 8. The van der Waals surface area contributed by atoms with E-state index in [2.05, 4.69) is 24.0 Å². The normalized spacial score (nSPS) is 13.8. The average Bonchev–Trinajstić information content (AvgIpc) is 3.31. The summed E-state index contributed by atoms with van der Waals surface area (Å²) in [6.07, 6.45) is 0.953. The molecule has 2 aromatic carbocycles. The summed E-state index contributed by atoms with van der Waals surface area (Å²) in [5.74, 6) is 1.17. The number of benzene rings is 2. The molecule has 2 heterocycles. The Balaban J connectivity index is 0.00000342. The van der Waals surface area contributed by atoms with Gasteiger partial charge < -0.3 is 18.9 Å². The van der Waals surface area contributed by atoms with Gasteiger partial charge in [-0.25, -0.2) is 4.98 Å². The van der Waals surface area contributed by atoms with Crippen molar-refractivity contribution in [2.75, 3.05) is 65.6 Å². The zero-order valence-corrected chi connectivity index (χ0v) is 22.2. The van der Waals surface area contributed by atoms with Crippen LogP contribution >= 0.6 is 23.7 Å². The van der Waals surface area contributed by atoms with Crippen LogP contribution in [-0.2, 0) is 11.2 Å². The quantitative estimate of drug-likeness (QED) is 0.416. The molecule has 0 aliphatic carbocycles. The molecule has 1 aliphatic rings. The highest BCUT2D eigenvalue weighted by molar-refractivity contribution is 7.22. The number of carbonyl (C=O) groups excluding carboxylic acids is 1. The van der Waals surface area contributed by atoms with Gasteiger partial charge in [0.1, 0.15) is 0 Å². The minimum atomic E-state index is -0.165. The van der Waals surface area contributed by atoms with Gasteiger partial charge in [-0.15, -0.1) is 12.4 Å². The number of hydrogen-bond donors (Lipinski definition) is 0. The summed E-state index contributed by atoms with van der Waals surface area (Å²) in [4.78, 5) is 22.7. The third kappa shape index (κ3) is 5.98. The van der Waals surface area contributed by atoms with Crippen LogP contribution in [0.2, 0.25) is 0 Å². The van der Waals surface area contributed by atoms with E-state index in [9.17, 15) is 4.79 Å². The van der Waals surface area contributed by atoms with Gasteiger partial charge in [0.15, 0.2) is 16.6 Å². The minimum absolute atomic E-state index is 0. The number of nitrogens with zero attached hydrogens (tertiary/aromatic N) is 3. The molecule has 0 atom stereocenters.